The number of hydrogen-bond donors (Lipinski definition) is 1. The molecule has 0 aromatic heterocycles. The zero-order valence-corrected chi connectivity index (χ0v) is 11.0. The van der Waals surface area contributed by atoms with Crippen molar-refractivity contribution in [2.75, 3.05) is 13.2 Å². The number of hydrogen-bond acceptors (Lipinski definition) is 5. The molecule has 0 atom stereocenters. The van der Waals surface area contributed by atoms with Crippen LogP contribution in [0.4, 0.5) is 0 Å². The van der Waals surface area contributed by atoms with E-state index in [0.29, 0.717) is 0 Å². The van der Waals surface area contributed by atoms with Gasteiger partial charge in [0.1, 0.15) is 0 Å². The van der Waals surface area contributed by atoms with Crippen molar-refractivity contribution < 1.29 is 24.2 Å². The number of aliphatic hydroxyl groups is 1. The van der Waals surface area contributed by atoms with Crippen molar-refractivity contribution in [3.05, 3.63) is 46.5 Å². The van der Waals surface area contributed by atoms with Crippen LogP contribution in [0.25, 0.3) is 0 Å². The summed E-state index contributed by atoms with van der Waals surface area (Å²) >= 11 is 0. The Balaban J connectivity index is 2.45. The average Bonchev–Trinajstić information content (AvgIpc) is 2.45. The first-order valence-corrected chi connectivity index (χ1v) is 6.27. The molecule has 0 spiro atoms. The molecule has 0 fully saturated rings. The zero-order valence-electron chi connectivity index (χ0n) is 11.0. The zero-order chi connectivity index (χ0) is 14.7. The average molecular weight is 274 g/mol. The number of aliphatic hydroxyl groups excluding tert-OH is 1. The smallest absolute Gasteiger partial charge is 0.310 e. The molecule has 0 bridgehead atoms. The summed E-state index contributed by atoms with van der Waals surface area (Å²) in [6, 6.07) is 6.37. The van der Waals surface area contributed by atoms with Crippen LogP contribution >= 0.6 is 0 Å². The fourth-order valence-electron chi connectivity index (χ4n) is 2.19. The minimum atomic E-state index is -0.589. The van der Waals surface area contributed by atoms with Gasteiger partial charge in [-0.3, -0.25) is 14.4 Å². The van der Waals surface area contributed by atoms with E-state index in [4.69, 9.17) is 4.74 Å². The lowest BCUT2D eigenvalue weighted by Crippen LogP contribution is -2.25. The van der Waals surface area contributed by atoms with E-state index in [1.165, 1.54) is 12.1 Å². The number of Topliss-reactive ketones (excluding diaryl/α,β-unsaturated/α-hetero) is 2. The van der Waals surface area contributed by atoms with Crippen LogP contribution in [0.3, 0.4) is 0 Å². The van der Waals surface area contributed by atoms with Crippen LogP contribution in [-0.4, -0.2) is 35.9 Å². The van der Waals surface area contributed by atoms with Crippen molar-refractivity contribution in [2.45, 2.75) is 13.3 Å². The summed E-state index contributed by atoms with van der Waals surface area (Å²) in [5.41, 5.74) is 0.513. The summed E-state index contributed by atoms with van der Waals surface area (Å²) in [4.78, 5) is 36.1. The fourth-order valence-corrected chi connectivity index (χ4v) is 2.19. The highest BCUT2D eigenvalue weighted by Gasteiger charge is 2.32. The Labute approximate surface area is 115 Å². The highest BCUT2D eigenvalue weighted by atomic mass is 16.5. The largest absolute Gasteiger partial charge is 0.466 e. The number of fused-ring (bicyclic) bond motifs is 1. The van der Waals surface area contributed by atoms with Gasteiger partial charge in [-0.15, -0.1) is 0 Å². The molecule has 0 aliphatic heterocycles. The first-order chi connectivity index (χ1) is 9.60. The summed E-state index contributed by atoms with van der Waals surface area (Å²) in [5.74, 6) is -1.41. The maximum atomic E-state index is 12.3. The third kappa shape index (κ3) is 2.40. The van der Waals surface area contributed by atoms with Gasteiger partial charge in [-0.1, -0.05) is 24.3 Å². The van der Waals surface area contributed by atoms with Crippen LogP contribution < -0.4 is 0 Å². The lowest BCUT2D eigenvalue weighted by molar-refractivity contribution is -0.142. The molecule has 0 radical (unpaired) electrons. The van der Waals surface area contributed by atoms with Gasteiger partial charge in [0.15, 0.2) is 11.6 Å². The lowest BCUT2D eigenvalue weighted by Gasteiger charge is -2.19. The molecule has 0 saturated carbocycles. The Morgan fingerprint density at radius 1 is 1.10 bits per heavy atom. The molecule has 1 N–H and O–H groups in total. The predicted octanol–water partition coefficient (Wildman–Crippen LogP) is 1.31. The van der Waals surface area contributed by atoms with Gasteiger partial charge in [-0.25, -0.2) is 0 Å². The van der Waals surface area contributed by atoms with Crippen LogP contribution in [0.1, 0.15) is 34.1 Å². The third-order valence-electron chi connectivity index (χ3n) is 3.11. The van der Waals surface area contributed by atoms with Gasteiger partial charge in [0.05, 0.1) is 19.6 Å². The summed E-state index contributed by atoms with van der Waals surface area (Å²) < 4.78 is 4.79. The minimum Gasteiger partial charge on any atom is -0.466 e. The van der Waals surface area contributed by atoms with E-state index in [-0.39, 0.29) is 35.3 Å². The fraction of sp³-hybridized carbons (Fsp3) is 0.267. The molecule has 0 saturated heterocycles. The van der Waals surface area contributed by atoms with Crippen LogP contribution in [0, 0.1) is 0 Å². The Morgan fingerprint density at radius 2 is 1.65 bits per heavy atom. The number of ether oxygens (including phenoxy) is 1. The van der Waals surface area contributed by atoms with E-state index in [1.54, 1.807) is 19.1 Å². The number of carbonyl (C=O) groups excluding carboxylic acids is 3. The quantitative estimate of drug-likeness (QED) is 0.837. The monoisotopic (exact) mass is 274 g/mol. The van der Waals surface area contributed by atoms with Gasteiger partial charge < -0.3 is 9.84 Å². The van der Waals surface area contributed by atoms with E-state index in [9.17, 15) is 19.5 Å². The van der Waals surface area contributed by atoms with Crippen LogP contribution in [-0.2, 0) is 9.53 Å². The molecule has 104 valence electrons. The van der Waals surface area contributed by atoms with Crippen molar-refractivity contribution in [3.8, 4) is 0 Å². The minimum absolute atomic E-state index is 0.0228. The van der Waals surface area contributed by atoms with Gasteiger partial charge in [0, 0.05) is 22.3 Å². The maximum absolute atomic E-state index is 12.3. The Morgan fingerprint density at radius 3 is 2.15 bits per heavy atom. The number of ketones is 2. The molecular weight excluding hydrogens is 260 g/mol. The number of carbonyl (C=O) groups is 3. The van der Waals surface area contributed by atoms with E-state index in [2.05, 4.69) is 0 Å². The van der Waals surface area contributed by atoms with Gasteiger partial charge in [-0.2, -0.15) is 0 Å². The highest BCUT2D eigenvalue weighted by Crippen LogP contribution is 2.28. The molecule has 1 aromatic rings. The number of rotatable bonds is 4. The summed E-state index contributed by atoms with van der Waals surface area (Å²) in [5, 5.41) is 9.33. The SMILES string of the molecule is CCOC(=O)CC1=C(CO)C(=O)c2ccccc2C1=O. The second-order valence-corrected chi connectivity index (χ2v) is 4.30. The van der Waals surface area contributed by atoms with Gasteiger partial charge in [0.2, 0.25) is 0 Å². The van der Waals surface area contributed by atoms with Crippen LogP contribution in [0.15, 0.2) is 35.4 Å². The molecule has 0 amide bonds. The normalized spacial score (nSPS) is 14.3. The summed E-state index contributed by atoms with van der Waals surface area (Å²) in [6.07, 6.45) is -0.303. The first-order valence-electron chi connectivity index (χ1n) is 6.27. The third-order valence-corrected chi connectivity index (χ3v) is 3.11. The summed E-state index contributed by atoms with van der Waals surface area (Å²) in [7, 11) is 0. The topological polar surface area (TPSA) is 80.7 Å². The predicted molar refractivity (Wildman–Crippen MR) is 70.5 cm³/mol. The standard InChI is InChI=1S/C15H14O5/c1-2-20-13(17)7-11-12(8-16)15(19)10-6-4-3-5-9(10)14(11)18/h3-6,16H,2,7-8H2,1H3. The van der Waals surface area contributed by atoms with E-state index in [0.717, 1.165) is 0 Å². The van der Waals surface area contributed by atoms with Crippen LogP contribution in [0.2, 0.25) is 0 Å². The molecule has 1 aliphatic rings. The molecule has 1 aromatic carbocycles. The second kappa shape index (κ2) is 5.79. The second-order valence-electron chi connectivity index (χ2n) is 4.30. The van der Waals surface area contributed by atoms with Crippen molar-refractivity contribution in [1.29, 1.82) is 0 Å². The number of benzene rings is 1. The van der Waals surface area contributed by atoms with E-state index < -0.39 is 24.1 Å². The molecule has 0 unspecified atom stereocenters. The molecule has 1 aliphatic carbocycles. The van der Waals surface area contributed by atoms with E-state index >= 15 is 0 Å². The maximum Gasteiger partial charge on any atom is 0.310 e. The Kier molecular flexibility index (Phi) is 4.10. The molecular formula is C15H14O5. The van der Waals surface area contributed by atoms with Crippen LogP contribution in [0.5, 0.6) is 0 Å². The molecule has 5 heteroatoms. The van der Waals surface area contributed by atoms with Crippen molar-refractivity contribution in [1.82, 2.24) is 0 Å². The van der Waals surface area contributed by atoms with Crippen molar-refractivity contribution in [3.63, 3.8) is 0 Å². The van der Waals surface area contributed by atoms with Gasteiger partial charge in [-0.05, 0) is 6.92 Å². The highest BCUT2D eigenvalue weighted by molar-refractivity contribution is 6.27. The number of esters is 1. The van der Waals surface area contributed by atoms with Gasteiger partial charge >= 0.3 is 5.97 Å². The molecule has 20 heavy (non-hydrogen) atoms. The van der Waals surface area contributed by atoms with Gasteiger partial charge in [0.25, 0.3) is 0 Å². The molecule has 5 nitrogen and oxygen atoms in total. The Hall–Kier alpha value is -2.27. The molecule has 0 heterocycles. The summed E-state index contributed by atoms with van der Waals surface area (Å²) in [6.45, 7) is 1.27. The molecule has 2 rings (SSSR count). The van der Waals surface area contributed by atoms with Crippen molar-refractivity contribution >= 4 is 17.5 Å². The lowest BCUT2D eigenvalue weighted by atomic mass is 9.83. The first kappa shape index (κ1) is 14.1. The van der Waals surface area contributed by atoms with E-state index in [1.807, 2.05) is 0 Å². The van der Waals surface area contributed by atoms with Crippen molar-refractivity contribution in [2.24, 2.45) is 0 Å². The Bertz CT molecular complexity index is 612.